The van der Waals surface area contributed by atoms with Crippen molar-refractivity contribution in [1.29, 1.82) is 0 Å². The number of thiophene rings is 1. The van der Waals surface area contributed by atoms with E-state index in [0.29, 0.717) is 10.8 Å². The highest BCUT2D eigenvalue weighted by atomic mass is 35.5. The van der Waals surface area contributed by atoms with Gasteiger partial charge in [0.1, 0.15) is 5.54 Å². The molecule has 0 bridgehead atoms. The Balaban J connectivity index is 1.68. The van der Waals surface area contributed by atoms with Crippen molar-refractivity contribution in [3.8, 4) is 0 Å². The fourth-order valence-corrected chi connectivity index (χ4v) is 4.40. The predicted molar refractivity (Wildman–Crippen MR) is 84.9 cm³/mol. The number of hydrogen-bond acceptors (Lipinski definition) is 3. The van der Waals surface area contributed by atoms with Crippen LogP contribution in [0.1, 0.15) is 22.4 Å². The third-order valence-corrected chi connectivity index (χ3v) is 5.58. The van der Waals surface area contributed by atoms with Gasteiger partial charge in [0.2, 0.25) is 0 Å². The largest absolute Gasteiger partial charge is 0.325 e. The number of amides is 3. The summed E-state index contributed by atoms with van der Waals surface area (Å²) in [5, 5.41) is 2.92. The quantitative estimate of drug-likeness (QED) is 0.858. The van der Waals surface area contributed by atoms with Crippen LogP contribution in [0.5, 0.6) is 0 Å². The topological polar surface area (TPSA) is 49.4 Å². The first-order valence-electron chi connectivity index (χ1n) is 7.07. The van der Waals surface area contributed by atoms with Gasteiger partial charge in [-0.3, -0.25) is 9.69 Å². The first kappa shape index (κ1) is 13.8. The van der Waals surface area contributed by atoms with E-state index >= 15 is 0 Å². The molecule has 1 fully saturated rings. The van der Waals surface area contributed by atoms with Gasteiger partial charge in [-0.25, -0.2) is 4.79 Å². The Morgan fingerprint density at radius 3 is 2.82 bits per heavy atom. The molecule has 2 heterocycles. The van der Waals surface area contributed by atoms with E-state index in [-0.39, 0.29) is 18.5 Å². The number of rotatable bonds is 2. The number of benzene rings is 1. The molecule has 0 radical (unpaired) electrons. The van der Waals surface area contributed by atoms with Crippen LogP contribution in [-0.4, -0.2) is 16.8 Å². The van der Waals surface area contributed by atoms with Crippen LogP contribution in [0.25, 0.3) is 0 Å². The second kappa shape index (κ2) is 4.83. The zero-order chi connectivity index (χ0) is 15.3. The van der Waals surface area contributed by atoms with Crippen molar-refractivity contribution >= 4 is 34.9 Å². The van der Waals surface area contributed by atoms with Gasteiger partial charge in [0.25, 0.3) is 5.91 Å². The van der Waals surface area contributed by atoms with E-state index < -0.39 is 5.54 Å². The molecule has 1 atom stereocenters. The van der Waals surface area contributed by atoms with Crippen LogP contribution in [-0.2, 0) is 23.3 Å². The van der Waals surface area contributed by atoms with E-state index in [0.717, 1.165) is 22.4 Å². The van der Waals surface area contributed by atoms with Crippen molar-refractivity contribution in [3.63, 3.8) is 0 Å². The van der Waals surface area contributed by atoms with Gasteiger partial charge in [-0.15, -0.1) is 11.3 Å². The Morgan fingerprint density at radius 2 is 2.05 bits per heavy atom. The van der Waals surface area contributed by atoms with E-state index in [1.165, 1.54) is 16.2 Å². The van der Waals surface area contributed by atoms with Crippen molar-refractivity contribution in [2.45, 2.75) is 24.9 Å². The normalized spacial score (nSPS) is 23.2. The van der Waals surface area contributed by atoms with Gasteiger partial charge < -0.3 is 5.32 Å². The van der Waals surface area contributed by atoms with E-state index in [1.807, 2.05) is 30.3 Å². The van der Waals surface area contributed by atoms with Crippen LogP contribution < -0.4 is 5.32 Å². The molecule has 22 heavy (non-hydrogen) atoms. The first-order valence-corrected chi connectivity index (χ1v) is 8.26. The molecule has 1 aliphatic heterocycles. The average molecular weight is 333 g/mol. The molecule has 112 valence electrons. The van der Waals surface area contributed by atoms with Gasteiger partial charge in [0, 0.05) is 4.88 Å². The molecule has 1 aromatic heterocycles. The number of carbonyl (C=O) groups excluding carboxylic acids is 2. The second-order valence-electron chi connectivity index (χ2n) is 5.59. The standard InChI is InChI=1S/C16H13ClN2O2S/c17-13-6-5-11(22-13)9-19-14(20)16(18-15(19)21)8-7-10-3-1-2-4-12(10)16/h1-6H,7-9H2,(H,18,21)/t16-/m1/s1. The van der Waals surface area contributed by atoms with Gasteiger partial charge in [-0.2, -0.15) is 0 Å². The van der Waals surface area contributed by atoms with E-state index in [1.54, 1.807) is 6.07 Å². The minimum absolute atomic E-state index is 0.160. The maximum absolute atomic E-state index is 12.9. The number of halogens is 1. The lowest BCUT2D eigenvalue weighted by Crippen LogP contribution is -2.41. The van der Waals surface area contributed by atoms with Gasteiger partial charge in [0.15, 0.2) is 0 Å². The van der Waals surface area contributed by atoms with Gasteiger partial charge in [0.05, 0.1) is 10.9 Å². The van der Waals surface area contributed by atoms with Gasteiger partial charge >= 0.3 is 6.03 Å². The predicted octanol–water partition coefficient (Wildman–Crippen LogP) is 3.30. The highest BCUT2D eigenvalue weighted by Gasteiger charge is 2.55. The van der Waals surface area contributed by atoms with E-state index in [2.05, 4.69) is 5.32 Å². The third-order valence-electron chi connectivity index (χ3n) is 4.37. The number of hydrogen-bond donors (Lipinski definition) is 1. The van der Waals surface area contributed by atoms with E-state index in [9.17, 15) is 9.59 Å². The van der Waals surface area contributed by atoms with Crippen molar-refractivity contribution in [1.82, 2.24) is 10.2 Å². The molecule has 2 aromatic rings. The molecule has 1 aromatic carbocycles. The van der Waals surface area contributed by atoms with Crippen LogP contribution >= 0.6 is 22.9 Å². The lowest BCUT2D eigenvalue weighted by atomic mass is 9.92. The summed E-state index contributed by atoms with van der Waals surface area (Å²) in [6.07, 6.45) is 1.43. The van der Waals surface area contributed by atoms with Crippen molar-refractivity contribution < 1.29 is 9.59 Å². The molecular formula is C16H13ClN2O2S. The van der Waals surface area contributed by atoms with Crippen molar-refractivity contribution in [3.05, 3.63) is 56.7 Å². The summed E-state index contributed by atoms with van der Waals surface area (Å²) in [4.78, 5) is 27.5. The minimum atomic E-state index is -0.880. The summed E-state index contributed by atoms with van der Waals surface area (Å²) in [7, 11) is 0. The smallest absolute Gasteiger partial charge is 0.319 e. The number of carbonyl (C=O) groups is 2. The van der Waals surface area contributed by atoms with Crippen LogP contribution in [0.3, 0.4) is 0 Å². The Kier molecular flexibility index (Phi) is 3.03. The van der Waals surface area contributed by atoms with Crippen LogP contribution in [0.2, 0.25) is 4.34 Å². The number of imide groups is 1. The Hall–Kier alpha value is -1.85. The lowest BCUT2D eigenvalue weighted by Gasteiger charge is -2.22. The van der Waals surface area contributed by atoms with E-state index in [4.69, 9.17) is 11.6 Å². The van der Waals surface area contributed by atoms with Crippen LogP contribution in [0.15, 0.2) is 36.4 Å². The van der Waals surface area contributed by atoms with Crippen LogP contribution in [0, 0.1) is 0 Å². The average Bonchev–Trinajstić information content (AvgIpc) is 3.15. The number of fused-ring (bicyclic) bond motifs is 2. The maximum atomic E-state index is 12.9. The molecule has 4 nitrogen and oxygen atoms in total. The molecule has 1 spiro atoms. The summed E-state index contributed by atoms with van der Waals surface area (Å²) in [5.41, 5.74) is 1.19. The summed E-state index contributed by atoms with van der Waals surface area (Å²) < 4.78 is 0.656. The Bertz CT molecular complexity index is 788. The summed E-state index contributed by atoms with van der Waals surface area (Å²) in [6.45, 7) is 0.270. The molecule has 1 N–H and O–H groups in total. The highest BCUT2D eigenvalue weighted by Crippen LogP contribution is 2.41. The molecule has 2 aliphatic rings. The maximum Gasteiger partial charge on any atom is 0.325 e. The summed E-state index contributed by atoms with van der Waals surface area (Å²) >= 11 is 7.31. The molecule has 1 aliphatic carbocycles. The Morgan fingerprint density at radius 1 is 1.23 bits per heavy atom. The molecule has 3 amide bonds. The molecule has 4 rings (SSSR count). The number of urea groups is 1. The molecule has 1 saturated heterocycles. The van der Waals surface area contributed by atoms with Gasteiger partial charge in [-0.05, 0) is 36.1 Å². The third kappa shape index (κ3) is 1.89. The number of aryl methyl sites for hydroxylation is 1. The minimum Gasteiger partial charge on any atom is -0.319 e. The molecule has 0 saturated carbocycles. The second-order valence-corrected chi connectivity index (χ2v) is 7.39. The zero-order valence-electron chi connectivity index (χ0n) is 11.6. The van der Waals surface area contributed by atoms with Gasteiger partial charge in [-0.1, -0.05) is 35.9 Å². The zero-order valence-corrected chi connectivity index (χ0v) is 13.2. The molecular weight excluding hydrogens is 320 g/mol. The number of nitrogens with zero attached hydrogens (tertiary/aromatic N) is 1. The highest BCUT2D eigenvalue weighted by molar-refractivity contribution is 7.16. The van der Waals surface area contributed by atoms with Crippen LogP contribution in [0.4, 0.5) is 4.79 Å². The first-order chi connectivity index (χ1) is 10.6. The molecule has 6 heteroatoms. The number of nitrogens with one attached hydrogen (secondary N) is 1. The summed E-state index contributed by atoms with van der Waals surface area (Å²) in [5.74, 6) is -0.160. The molecule has 0 unspecified atom stereocenters. The van der Waals surface area contributed by atoms with Crippen molar-refractivity contribution in [2.75, 3.05) is 0 Å². The summed E-state index contributed by atoms with van der Waals surface area (Å²) in [6, 6.07) is 11.1. The monoisotopic (exact) mass is 332 g/mol. The Labute approximate surface area is 136 Å². The SMILES string of the molecule is O=C1N[C@@]2(CCc3ccccc32)C(=O)N1Cc1ccc(Cl)s1. The lowest BCUT2D eigenvalue weighted by molar-refractivity contribution is -0.132. The van der Waals surface area contributed by atoms with Crippen molar-refractivity contribution in [2.24, 2.45) is 0 Å². The fourth-order valence-electron chi connectivity index (χ4n) is 3.33. The fraction of sp³-hybridized carbons (Fsp3) is 0.250.